The van der Waals surface area contributed by atoms with Crippen molar-refractivity contribution in [1.82, 2.24) is 5.16 Å². The standard InChI is InChI=1S/C10H9NO3/c1-7-2-4-8(5-3-7)6-9-11-14-10(12)13-9/h2-5H,6H2,1H3. The molecule has 4 heteroatoms. The molecule has 2 rings (SSSR count). The maximum Gasteiger partial charge on any atom is 0.542 e. The van der Waals surface area contributed by atoms with Crippen LogP contribution in [0, 0.1) is 6.92 Å². The summed E-state index contributed by atoms with van der Waals surface area (Å²) >= 11 is 0. The first-order valence-corrected chi connectivity index (χ1v) is 4.25. The zero-order valence-electron chi connectivity index (χ0n) is 7.69. The number of nitrogens with zero attached hydrogens (tertiary/aromatic N) is 1. The van der Waals surface area contributed by atoms with Crippen molar-refractivity contribution in [1.29, 1.82) is 0 Å². The van der Waals surface area contributed by atoms with Gasteiger partial charge in [-0.1, -0.05) is 29.8 Å². The molecule has 0 N–H and O–H groups in total. The molecular weight excluding hydrogens is 182 g/mol. The number of hydrogen-bond donors (Lipinski definition) is 0. The highest BCUT2D eigenvalue weighted by Gasteiger charge is 2.04. The Bertz CT molecular complexity index is 467. The monoisotopic (exact) mass is 191 g/mol. The minimum absolute atomic E-state index is 0.304. The number of benzene rings is 1. The van der Waals surface area contributed by atoms with E-state index < -0.39 is 5.82 Å². The van der Waals surface area contributed by atoms with Crippen molar-refractivity contribution in [2.45, 2.75) is 13.3 Å². The molecule has 0 amide bonds. The van der Waals surface area contributed by atoms with Crippen LogP contribution in [-0.4, -0.2) is 5.16 Å². The van der Waals surface area contributed by atoms with E-state index in [1.165, 1.54) is 5.56 Å². The SMILES string of the molecule is Cc1ccc(Cc2noc(=O)o2)cc1. The second-order valence-corrected chi connectivity index (χ2v) is 3.09. The highest BCUT2D eigenvalue weighted by molar-refractivity contribution is 5.23. The van der Waals surface area contributed by atoms with Crippen molar-refractivity contribution < 1.29 is 8.94 Å². The van der Waals surface area contributed by atoms with Crippen molar-refractivity contribution in [3.8, 4) is 0 Å². The first-order valence-electron chi connectivity index (χ1n) is 4.25. The van der Waals surface area contributed by atoms with E-state index in [9.17, 15) is 4.79 Å². The first kappa shape index (κ1) is 8.74. The molecule has 0 aliphatic carbocycles. The summed E-state index contributed by atoms with van der Waals surface area (Å²) in [5.41, 5.74) is 2.23. The van der Waals surface area contributed by atoms with Crippen molar-refractivity contribution in [2.75, 3.05) is 0 Å². The van der Waals surface area contributed by atoms with Gasteiger partial charge in [0.2, 0.25) is 5.89 Å². The molecule has 0 saturated carbocycles. The van der Waals surface area contributed by atoms with Gasteiger partial charge in [0.1, 0.15) is 0 Å². The maximum absolute atomic E-state index is 10.5. The Morgan fingerprint density at radius 1 is 1.29 bits per heavy atom. The second kappa shape index (κ2) is 3.49. The molecule has 2 aromatic rings. The molecule has 14 heavy (non-hydrogen) atoms. The van der Waals surface area contributed by atoms with Gasteiger partial charge < -0.3 is 4.42 Å². The lowest BCUT2D eigenvalue weighted by molar-refractivity contribution is 0.334. The van der Waals surface area contributed by atoms with Crippen LogP contribution in [0.25, 0.3) is 0 Å². The number of hydrogen-bond acceptors (Lipinski definition) is 4. The number of rotatable bonds is 2. The molecular formula is C10H9NO3. The summed E-state index contributed by atoms with van der Waals surface area (Å²) < 4.78 is 8.97. The van der Waals surface area contributed by atoms with Crippen LogP contribution in [0.3, 0.4) is 0 Å². The largest absolute Gasteiger partial charge is 0.542 e. The fourth-order valence-electron chi connectivity index (χ4n) is 1.17. The minimum Gasteiger partial charge on any atom is -0.375 e. The van der Waals surface area contributed by atoms with Crippen molar-refractivity contribution in [3.05, 3.63) is 51.9 Å². The van der Waals surface area contributed by atoms with Gasteiger partial charge in [-0.15, -0.1) is 0 Å². The average molecular weight is 191 g/mol. The second-order valence-electron chi connectivity index (χ2n) is 3.09. The Kier molecular flexibility index (Phi) is 2.18. The van der Waals surface area contributed by atoms with Crippen molar-refractivity contribution in [3.63, 3.8) is 0 Å². The van der Waals surface area contributed by atoms with Crippen LogP contribution < -0.4 is 5.82 Å². The molecule has 0 spiro atoms. The lowest BCUT2D eigenvalue weighted by atomic mass is 10.1. The summed E-state index contributed by atoms with van der Waals surface area (Å²) in [6.07, 6.45) is 0.478. The summed E-state index contributed by atoms with van der Waals surface area (Å²) in [5.74, 6) is -0.453. The van der Waals surface area contributed by atoms with E-state index >= 15 is 0 Å². The van der Waals surface area contributed by atoms with Crippen LogP contribution >= 0.6 is 0 Å². The molecule has 0 atom stereocenters. The quantitative estimate of drug-likeness (QED) is 0.722. The van der Waals surface area contributed by atoms with E-state index in [2.05, 4.69) is 14.1 Å². The molecule has 72 valence electrons. The van der Waals surface area contributed by atoms with Crippen LogP contribution in [0.15, 0.2) is 38.0 Å². The van der Waals surface area contributed by atoms with Crippen LogP contribution in [0.4, 0.5) is 0 Å². The van der Waals surface area contributed by atoms with Crippen LogP contribution in [0.2, 0.25) is 0 Å². The Morgan fingerprint density at radius 3 is 2.57 bits per heavy atom. The highest BCUT2D eigenvalue weighted by atomic mass is 16.6. The van der Waals surface area contributed by atoms with Crippen LogP contribution in [-0.2, 0) is 6.42 Å². The smallest absolute Gasteiger partial charge is 0.375 e. The van der Waals surface area contributed by atoms with Gasteiger partial charge in [0.05, 0.1) is 6.42 Å². The van der Waals surface area contributed by atoms with E-state index in [4.69, 9.17) is 0 Å². The normalized spacial score (nSPS) is 10.4. The third-order valence-corrected chi connectivity index (χ3v) is 1.90. The fraction of sp³-hybridized carbons (Fsp3) is 0.200. The maximum atomic E-state index is 10.5. The predicted molar refractivity (Wildman–Crippen MR) is 49.0 cm³/mol. The fourth-order valence-corrected chi connectivity index (χ4v) is 1.17. The van der Waals surface area contributed by atoms with Crippen LogP contribution in [0.5, 0.6) is 0 Å². The molecule has 0 unspecified atom stereocenters. The van der Waals surface area contributed by atoms with Crippen molar-refractivity contribution >= 4 is 0 Å². The van der Waals surface area contributed by atoms with E-state index in [-0.39, 0.29) is 0 Å². The summed E-state index contributed by atoms with van der Waals surface area (Å²) in [4.78, 5) is 10.5. The number of aryl methyl sites for hydroxylation is 1. The van der Waals surface area contributed by atoms with E-state index in [0.717, 1.165) is 5.56 Å². The van der Waals surface area contributed by atoms with Gasteiger partial charge in [-0.25, -0.2) is 4.79 Å². The Labute approximate surface area is 80.2 Å². The Hall–Kier alpha value is -1.84. The lowest BCUT2D eigenvalue weighted by Crippen LogP contribution is -1.89. The summed E-state index contributed by atoms with van der Waals surface area (Å²) in [5, 5.41) is 3.48. The highest BCUT2D eigenvalue weighted by Crippen LogP contribution is 2.07. The van der Waals surface area contributed by atoms with Gasteiger partial charge in [-0.3, -0.25) is 4.52 Å². The van der Waals surface area contributed by atoms with Gasteiger partial charge >= 0.3 is 5.82 Å². The van der Waals surface area contributed by atoms with E-state index in [0.29, 0.717) is 12.3 Å². The molecule has 0 fully saturated rings. The third-order valence-electron chi connectivity index (χ3n) is 1.90. The van der Waals surface area contributed by atoms with Crippen LogP contribution in [0.1, 0.15) is 17.0 Å². The minimum atomic E-state index is -0.757. The molecule has 1 aromatic carbocycles. The molecule has 1 heterocycles. The average Bonchev–Trinajstić information content (AvgIpc) is 2.56. The van der Waals surface area contributed by atoms with Gasteiger partial charge in [0, 0.05) is 0 Å². The van der Waals surface area contributed by atoms with E-state index in [1.54, 1.807) is 0 Å². The Balaban J connectivity index is 2.19. The molecule has 0 bridgehead atoms. The molecule has 0 aliphatic rings. The Morgan fingerprint density at radius 2 is 2.00 bits per heavy atom. The number of aromatic nitrogens is 1. The van der Waals surface area contributed by atoms with Crippen molar-refractivity contribution in [2.24, 2.45) is 0 Å². The van der Waals surface area contributed by atoms with Gasteiger partial charge in [-0.05, 0) is 17.6 Å². The lowest BCUT2D eigenvalue weighted by Gasteiger charge is -1.96. The predicted octanol–water partition coefficient (Wildman–Crippen LogP) is 1.53. The molecule has 0 aliphatic heterocycles. The molecule has 4 nitrogen and oxygen atoms in total. The molecule has 1 aromatic heterocycles. The molecule has 0 radical (unpaired) electrons. The topological polar surface area (TPSA) is 56.2 Å². The van der Waals surface area contributed by atoms with Gasteiger partial charge in [-0.2, -0.15) is 0 Å². The van der Waals surface area contributed by atoms with E-state index in [1.807, 2.05) is 31.2 Å². The third kappa shape index (κ3) is 1.90. The first-order chi connectivity index (χ1) is 6.74. The zero-order chi connectivity index (χ0) is 9.97. The van der Waals surface area contributed by atoms with Gasteiger partial charge in [0.25, 0.3) is 0 Å². The molecule has 0 saturated heterocycles. The summed E-state index contributed by atoms with van der Waals surface area (Å²) in [7, 11) is 0. The summed E-state index contributed by atoms with van der Waals surface area (Å²) in [6.45, 7) is 2.01. The summed E-state index contributed by atoms with van der Waals surface area (Å²) in [6, 6.07) is 7.91. The van der Waals surface area contributed by atoms with Gasteiger partial charge in [0.15, 0.2) is 0 Å². The zero-order valence-corrected chi connectivity index (χ0v) is 7.69.